The summed E-state index contributed by atoms with van der Waals surface area (Å²) in [7, 11) is 0. The molecule has 0 atom stereocenters. The topological polar surface area (TPSA) is 110 Å². The molecule has 0 unspecified atom stereocenters. The third-order valence-corrected chi connectivity index (χ3v) is 4.59. The Bertz CT molecular complexity index is 931. The molecule has 1 aromatic heterocycles. The number of benzene rings is 1. The van der Waals surface area contributed by atoms with Crippen molar-refractivity contribution in [1.82, 2.24) is 10.3 Å². The number of carbonyl (C=O) groups is 1. The molecular formula is C19H20F3N5O4. The molecule has 1 saturated heterocycles. The number of hydrogen-bond donors (Lipinski definition) is 2. The number of non-ortho nitro benzene ring substituents is 1. The van der Waals surface area contributed by atoms with E-state index in [9.17, 15) is 28.1 Å². The van der Waals surface area contributed by atoms with Gasteiger partial charge in [-0.3, -0.25) is 14.9 Å². The highest BCUT2D eigenvalue weighted by molar-refractivity contribution is 6.00. The van der Waals surface area contributed by atoms with E-state index < -0.39 is 22.6 Å². The van der Waals surface area contributed by atoms with E-state index in [1.54, 1.807) is 6.07 Å². The SMILES string of the molecule is O=C(NCCNc1ccc(C(F)(F)F)cn1)c1cc([N+](=O)[O-])ccc1N1CCOCC1. The number of aromatic nitrogens is 1. The highest BCUT2D eigenvalue weighted by Gasteiger charge is 2.30. The van der Waals surface area contributed by atoms with Gasteiger partial charge in [0.1, 0.15) is 5.82 Å². The zero-order valence-corrected chi connectivity index (χ0v) is 16.3. The summed E-state index contributed by atoms with van der Waals surface area (Å²) in [6.07, 6.45) is -3.74. The largest absolute Gasteiger partial charge is 0.417 e. The van der Waals surface area contributed by atoms with Crippen molar-refractivity contribution in [2.24, 2.45) is 0 Å². The average molecular weight is 439 g/mol. The van der Waals surface area contributed by atoms with Crippen molar-refractivity contribution >= 4 is 23.1 Å². The Labute approximate surface area is 175 Å². The van der Waals surface area contributed by atoms with Gasteiger partial charge >= 0.3 is 6.18 Å². The average Bonchev–Trinajstić information content (AvgIpc) is 2.76. The van der Waals surface area contributed by atoms with E-state index in [2.05, 4.69) is 15.6 Å². The molecule has 0 radical (unpaired) electrons. The van der Waals surface area contributed by atoms with E-state index in [0.29, 0.717) is 32.0 Å². The normalized spacial score (nSPS) is 14.2. The van der Waals surface area contributed by atoms with Crippen LogP contribution in [0.4, 0.5) is 30.4 Å². The monoisotopic (exact) mass is 439 g/mol. The first-order chi connectivity index (χ1) is 14.8. The van der Waals surface area contributed by atoms with Crippen LogP contribution in [0.25, 0.3) is 0 Å². The maximum Gasteiger partial charge on any atom is 0.417 e. The molecule has 31 heavy (non-hydrogen) atoms. The number of nitrogens with zero attached hydrogens (tertiary/aromatic N) is 3. The number of nitro groups is 1. The van der Waals surface area contributed by atoms with Crippen LogP contribution < -0.4 is 15.5 Å². The molecule has 1 aromatic carbocycles. The first kappa shape index (κ1) is 22.3. The molecule has 166 valence electrons. The van der Waals surface area contributed by atoms with Gasteiger partial charge in [0.25, 0.3) is 11.6 Å². The lowest BCUT2D eigenvalue weighted by Gasteiger charge is -2.30. The summed E-state index contributed by atoms with van der Waals surface area (Å²) in [5.74, 6) is -0.265. The molecule has 1 aliphatic rings. The van der Waals surface area contributed by atoms with Crippen LogP contribution in [0.15, 0.2) is 36.5 Å². The molecule has 2 heterocycles. The van der Waals surface area contributed by atoms with Crippen molar-refractivity contribution in [2.75, 3.05) is 49.6 Å². The molecule has 9 nitrogen and oxygen atoms in total. The number of rotatable bonds is 7. The Balaban J connectivity index is 1.61. The Morgan fingerprint density at radius 2 is 1.94 bits per heavy atom. The Morgan fingerprint density at radius 1 is 1.19 bits per heavy atom. The van der Waals surface area contributed by atoms with E-state index in [1.165, 1.54) is 18.2 Å². The molecule has 0 aliphatic carbocycles. The van der Waals surface area contributed by atoms with Gasteiger partial charge in [-0.05, 0) is 18.2 Å². The lowest BCUT2D eigenvalue weighted by atomic mass is 10.1. The minimum atomic E-state index is -4.46. The molecule has 1 fully saturated rings. The van der Waals surface area contributed by atoms with Crippen molar-refractivity contribution in [1.29, 1.82) is 0 Å². The van der Waals surface area contributed by atoms with Crippen LogP contribution >= 0.6 is 0 Å². The summed E-state index contributed by atoms with van der Waals surface area (Å²) in [4.78, 5) is 28.8. The summed E-state index contributed by atoms with van der Waals surface area (Å²) in [5, 5.41) is 16.6. The van der Waals surface area contributed by atoms with Gasteiger partial charge in [-0.15, -0.1) is 0 Å². The summed E-state index contributed by atoms with van der Waals surface area (Å²) in [6.45, 7) is 2.42. The predicted molar refractivity (Wildman–Crippen MR) is 106 cm³/mol. The molecular weight excluding hydrogens is 419 g/mol. The minimum Gasteiger partial charge on any atom is -0.378 e. The number of ether oxygens (including phenoxy) is 1. The van der Waals surface area contributed by atoms with Gasteiger partial charge in [-0.2, -0.15) is 13.2 Å². The maximum absolute atomic E-state index is 12.7. The van der Waals surface area contributed by atoms with E-state index >= 15 is 0 Å². The molecule has 2 N–H and O–H groups in total. The molecule has 1 aliphatic heterocycles. The molecule has 3 rings (SSSR count). The fraction of sp³-hybridized carbons (Fsp3) is 0.368. The number of pyridine rings is 1. The lowest BCUT2D eigenvalue weighted by Crippen LogP contribution is -2.38. The van der Waals surface area contributed by atoms with Crippen LogP contribution in [0.1, 0.15) is 15.9 Å². The number of alkyl halides is 3. The maximum atomic E-state index is 12.7. The third-order valence-electron chi connectivity index (χ3n) is 4.59. The molecule has 1 amide bonds. The van der Waals surface area contributed by atoms with Crippen LogP contribution in [0.3, 0.4) is 0 Å². The number of carbonyl (C=O) groups excluding carboxylic acids is 1. The molecule has 0 bridgehead atoms. The van der Waals surface area contributed by atoms with Crippen LogP contribution in [0, 0.1) is 10.1 Å². The molecule has 0 spiro atoms. The van der Waals surface area contributed by atoms with Gasteiger partial charge in [0.05, 0.1) is 35.0 Å². The van der Waals surface area contributed by atoms with Crippen molar-refractivity contribution in [3.8, 4) is 0 Å². The van der Waals surface area contributed by atoms with Gasteiger partial charge in [-0.25, -0.2) is 4.98 Å². The number of morpholine rings is 1. The van der Waals surface area contributed by atoms with E-state index in [4.69, 9.17) is 4.74 Å². The number of anilines is 2. The lowest BCUT2D eigenvalue weighted by molar-refractivity contribution is -0.384. The summed E-state index contributed by atoms with van der Waals surface area (Å²) < 4.78 is 43.0. The first-order valence-electron chi connectivity index (χ1n) is 9.42. The van der Waals surface area contributed by atoms with Crippen LogP contribution in [0.2, 0.25) is 0 Å². The van der Waals surface area contributed by atoms with Crippen molar-refractivity contribution in [3.63, 3.8) is 0 Å². The smallest absolute Gasteiger partial charge is 0.378 e. The zero-order valence-electron chi connectivity index (χ0n) is 16.3. The molecule has 0 saturated carbocycles. The van der Waals surface area contributed by atoms with E-state index in [0.717, 1.165) is 12.3 Å². The Hall–Kier alpha value is -3.41. The third kappa shape index (κ3) is 5.81. The Morgan fingerprint density at radius 3 is 2.55 bits per heavy atom. The fourth-order valence-corrected chi connectivity index (χ4v) is 3.03. The minimum absolute atomic E-state index is 0.132. The van der Waals surface area contributed by atoms with Gasteiger partial charge in [-0.1, -0.05) is 0 Å². The number of halogens is 3. The number of nitrogens with one attached hydrogen (secondary N) is 2. The quantitative estimate of drug-likeness (QED) is 0.388. The van der Waals surface area contributed by atoms with Gasteiger partial charge < -0.3 is 20.3 Å². The van der Waals surface area contributed by atoms with Crippen LogP contribution in [-0.2, 0) is 10.9 Å². The number of nitro benzene ring substituents is 1. The van der Waals surface area contributed by atoms with Gasteiger partial charge in [0.2, 0.25) is 0 Å². The fourth-order valence-electron chi connectivity index (χ4n) is 3.03. The van der Waals surface area contributed by atoms with Gasteiger partial charge in [0.15, 0.2) is 0 Å². The highest BCUT2D eigenvalue weighted by atomic mass is 19.4. The molecule has 12 heteroatoms. The summed E-state index contributed by atoms with van der Waals surface area (Å²) >= 11 is 0. The standard InChI is InChI=1S/C19H20F3N5O4/c20-19(21,22)13-1-4-17(25-12-13)23-5-6-24-18(28)15-11-14(27(29)30)2-3-16(15)26-7-9-31-10-8-26/h1-4,11-12H,5-10H2,(H,23,25)(H,24,28). The first-order valence-corrected chi connectivity index (χ1v) is 9.42. The van der Waals surface area contributed by atoms with Crippen molar-refractivity contribution < 1.29 is 27.6 Å². The Kier molecular flexibility index (Phi) is 6.90. The van der Waals surface area contributed by atoms with E-state index in [1.807, 2.05) is 4.90 Å². The van der Waals surface area contributed by atoms with Crippen molar-refractivity contribution in [2.45, 2.75) is 6.18 Å². The van der Waals surface area contributed by atoms with Gasteiger partial charge in [0, 0.05) is 44.5 Å². The summed E-state index contributed by atoms with van der Waals surface area (Å²) in [6, 6.07) is 6.22. The van der Waals surface area contributed by atoms with E-state index in [-0.39, 0.29) is 30.2 Å². The summed E-state index contributed by atoms with van der Waals surface area (Å²) in [5.41, 5.74) is -0.311. The second-order valence-electron chi connectivity index (χ2n) is 6.67. The second-order valence-corrected chi connectivity index (χ2v) is 6.67. The number of hydrogen-bond acceptors (Lipinski definition) is 7. The van der Waals surface area contributed by atoms with Crippen LogP contribution in [-0.4, -0.2) is 55.2 Å². The highest BCUT2D eigenvalue weighted by Crippen LogP contribution is 2.29. The van der Waals surface area contributed by atoms with Crippen molar-refractivity contribution in [3.05, 3.63) is 57.8 Å². The second kappa shape index (κ2) is 9.60. The molecule has 2 aromatic rings. The zero-order chi connectivity index (χ0) is 22.4. The number of amides is 1. The predicted octanol–water partition coefficient (Wildman–Crippen LogP) is 2.69. The van der Waals surface area contributed by atoms with Crippen LogP contribution in [0.5, 0.6) is 0 Å².